The van der Waals surface area contributed by atoms with Crippen LogP contribution in [0.5, 0.6) is 0 Å². The van der Waals surface area contributed by atoms with Crippen molar-refractivity contribution in [2.45, 2.75) is 31.3 Å². The second kappa shape index (κ2) is 6.79. The molecule has 1 amide bonds. The number of hydrogen-bond acceptors (Lipinski definition) is 5. The number of fused-ring (bicyclic) bond motifs is 3. The highest BCUT2D eigenvalue weighted by Crippen LogP contribution is 2.36. The molecule has 0 radical (unpaired) electrons. The molecule has 0 unspecified atom stereocenters. The number of anilines is 1. The van der Waals surface area contributed by atoms with Gasteiger partial charge in [-0.3, -0.25) is 9.78 Å². The zero-order valence-corrected chi connectivity index (χ0v) is 16.5. The summed E-state index contributed by atoms with van der Waals surface area (Å²) in [4.78, 5) is 34.6. The second-order valence-corrected chi connectivity index (χ2v) is 8.07. The van der Waals surface area contributed by atoms with Crippen LogP contribution in [0.2, 0.25) is 0 Å². The molecule has 30 heavy (non-hydrogen) atoms. The van der Waals surface area contributed by atoms with Crippen LogP contribution in [-0.2, 0) is 0 Å². The van der Waals surface area contributed by atoms with Crippen LogP contribution in [0.15, 0.2) is 55.1 Å². The molecule has 2 aliphatic heterocycles. The summed E-state index contributed by atoms with van der Waals surface area (Å²) in [6.45, 7) is 1.70. The van der Waals surface area contributed by atoms with Gasteiger partial charge in [-0.05, 0) is 37.5 Å². The summed E-state index contributed by atoms with van der Waals surface area (Å²) in [5.74, 6) is 1.08. The fourth-order valence-corrected chi connectivity index (χ4v) is 5.23. The molecule has 2 aliphatic rings. The Morgan fingerprint density at radius 2 is 1.90 bits per heavy atom. The monoisotopic (exact) mass is 398 g/mol. The molecular formula is C23H22N6O. The average Bonchev–Trinajstić information content (AvgIpc) is 3.45. The Kier molecular flexibility index (Phi) is 3.94. The highest BCUT2D eigenvalue weighted by Gasteiger charge is 2.43. The van der Waals surface area contributed by atoms with Crippen molar-refractivity contribution in [2.75, 3.05) is 18.0 Å². The Bertz CT molecular complexity index is 1250. The molecule has 1 aromatic carbocycles. The number of amides is 1. The number of carbonyl (C=O) groups excluding carboxylic acids is 1. The number of hydrogen-bond donors (Lipinski definition) is 1. The molecule has 0 bridgehead atoms. The normalized spacial score (nSPS) is 21.3. The number of benzene rings is 1. The standard InChI is InChI=1S/C23H22N6O/c30-23(16-7-10-24-18-5-2-1-4-15(16)18)29-12-3-6-19-20(29)9-13-28(19)22-17-8-11-25-21(17)26-14-27-22/h1-2,4-5,7-8,10-11,14,19-20H,3,6,9,12-13H2,(H,25,26,27)/t19-,20-/m1/s1. The van der Waals surface area contributed by atoms with Gasteiger partial charge in [-0.2, -0.15) is 0 Å². The molecule has 7 nitrogen and oxygen atoms in total. The SMILES string of the molecule is O=C(c1ccnc2ccccc12)N1CCC[C@@H]2[C@H]1CCN2c1ncnc2[nH]ccc12. The Morgan fingerprint density at radius 1 is 0.967 bits per heavy atom. The van der Waals surface area contributed by atoms with E-state index in [1.54, 1.807) is 12.5 Å². The molecule has 2 saturated heterocycles. The van der Waals surface area contributed by atoms with Crippen LogP contribution in [0.1, 0.15) is 29.6 Å². The van der Waals surface area contributed by atoms with Crippen molar-refractivity contribution in [3.8, 4) is 0 Å². The maximum absolute atomic E-state index is 13.6. The van der Waals surface area contributed by atoms with Crippen LogP contribution in [0.3, 0.4) is 0 Å². The molecule has 2 fully saturated rings. The lowest BCUT2D eigenvalue weighted by Gasteiger charge is -2.40. The molecule has 150 valence electrons. The minimum absolute atomic E-state index is 0.111. The lowest BCUT2D eigenvalue weighted by atomic mass is 9.95. The topological polar surface area (TPSA) is 78.0 Å². The zero-order valence-electron chi connectivity index (χ0n) is 16.5. The van der Waals surface area contributed by atoms with Crippen molar-refractivity contribution >= 4 is 33.7 Å². The fourth-order valence-electron chi connectivity index (χ4n) is 5.23. The van der Waals surface area contributed by atoms with Gasteiger partial charge in [-0.15, -0.1) is 0 Å². The molecule has 0 spiro atoms. The van der Waals surface area contributed by atoms with E-state index in [9.17, 15) is 4.79 Å². The van der Waals surface area contributed by atoms with E-state index in [0.717, 1.165) is 65.7 Å². The van der Waals surface area contributed by atoms with E-state index in [4.69, 9.17) is 0 Å². The molecule has 0 saturated carbocycles. The summed E-state index contributed by atoms with van der Waals surface area (Å²) in [6.07, 6.45) is 8.28. The van der Waals surface area contributed by atoms with E-state index in [1.807, 2.05) is 42.6 Å². The zero-order chi connectivity index (χ0) is 20.1. The van der Waals surface area contributed by atoms with E-state index in [0.29, 0.717) is 0 Å². The van der Waals surface area contributed by atoms with E-state index < -0.39 is 0 Å². The van der Waals surface area contributed by atoms with Gasteiger partial charge in [0.15, 0.2) is 0 Å². The minimum Gasteiger partial charge on any atom is -0.351 e. The third-order valence-corrected chi connectivity index (χ3v) is 6.55. The summed E-state index contributed by atoms with van der Waals surface area (Å²) < 4.78 is 0. The molecule has 1 N–H and O–H groups in total. The largest absolute Gasteiger partial charge is 0.351 e. The van der Waals surface area contributed by atoms with Crippen LogP contribution < -0.4 is 4.90 Å². The van der Waals surface area contributed by atoms with Gasteiger partial charge in [-0.25, -0.2) is 9.97 Å². The maximum Gasteiger partial charge on any atom is 0.254 e. The van der Waals surface area contributed by atoms with Crippen molar-refractivity contribution in [1.29, 1.82) is 0 Å². The Balaban J connectivity index is 1.35. The predicted octanol–water partition coefficient (Wildman–Crippen LogP) is 3.39. The van der Waals surface area contributed by atoms with Crippen molar-refractivity contribution < 1.29 is 4.79 Å². The summed E-state index contributed by atoms with van der Waals surface area (Å²) in [7, 11) is 0. The molecule has 2 atom stereocenters. The third kappa shape index (κ3) is 2.58. The van der Waals surface area contributed by atoms with E-state index in [1.165, 1.54) is 0 Å². The lowest BCUT2D eigenvalue weighted by Crippen LogP contribution is -2.52. The number of nitrogens with zero attached hydrogens (tertiary/aromatic N) is 5. The van der Waals surface area contributed by atoms with Gasteiger partial charge in [-0.1, -0.05) is 18.2 Å². The number of rotatable bonds is 2. The number of aromatic amines is 1. The Labute approximate surface area is 173 Å². The van der Waals surface area contributed by atoms with Crippen LogP contribution in [0.25, 0.3) is 21.9 Å². The molecular weight excluding hydrogens is 376 g/mol. The highest BCUT2D eigenvalue weighted by atomic mass is 16.2. The first kappa shape index (κ1) is 17.4. The number of H-pyrrole nitrogens is 1. The molecule has 3 aromatic heterocycles. The molecule has 6 rings (SSSR count). The summed E-state index contributed by atoms with van der Waals surface area (Å²) >= 11 is 0. The number of carbonyl (C=O) groups is 1. The summed E-state index contributed by atoms with van der Waals surface area (Å²) in [5.41, 5.74) is 2.46. The number of nitrogens with one attached hydrogen (secondary N) is 1. The smallest absolute Gasteiger partial charge is 0.254 e. The van der Waals surface area contributed by atoms with Gasteiger partial charge >= 0.3 is 0 Å². The van der Waals surface area contributed by atoms with E-state index in [2.05, 4.69) is 29.7 Å². The first-order valence-corrected chi connectivity index (χ1v) is 10.5. The van der Waals surface area contributed by atoms with E-state index >= 15 is 0 Å². The summed E-state index contributed by atoms with van der Waals surface area (Å²) in [5, 5.41) is 1.97. The first-order valence-electron chi connectivity index (χ1n) is 10.5. The number of likely N-dealkylation sites (tertiary alicyclic amines) is 1. The summed E-state index contributed by atoms with van der Waals surface area (Å²) in [6, 6.07) is 12.2. The van der Waals surface area contributed by atoms with Crippen molar-refractivity contribution in [1.82, 2.24) is 24.8 Å². The number of aromatic nitrogens is 4. The van der Waals surface area contributed by atoms with Gasteiger partial charge in [0.05, 0.1) is 28.6 Å². The van der Waals surface area contributed by atoms with Crippen LogP contribution in [0.4, 0.5) is 5.82 Å². The van der Waals surface area contributed by atoms with Gasteiger partial charge < -0.3 is 14.8 Å². The molecule has 4 aromatic rings. The Morgan fingerprint density at radius 3 is 2.87 bits per heavy atom. The third-order valence-electron chi connectivity index (χ3n) is 6.55. The van der Waals surface area contributed by atoms with E-state index in [-0.39, 0.29) is 18.0 Å². The Hall–Kier alpha value is -3.48. The lowest BCUT2D eigenvalue weighted by molar-refractivity contribution is 0.0610. The van der Waals surface area contributed by atoms with Crippen LogP contribution in [0, 0.1) is 0 Å². The minimum atomic E-state index is 0.111. The fraction of sp³-hybridized carbons (Fsp3) is 0.304. The van der Waals surface area contributed by atoms with Crippen molar-refractivity contribution in [3.05, 3.63) is 60.7 Å². The number of pyridine rings is 1. The quantitative estimate of drug-likeness (QED) is 0.560. The molecule has 0 aliphatic carbocycles. The second-order valence-electron chi connectivity index (χ2n) is 8.07. The van der Waals surface area contributed by atoms with Gasteiger partial charge in [0.1, 0.15) is 17.8 Å². The predicted molar refractivity (Wildman–Crippen MR) is 115 cm³/mol. The van der Waals surface area contributed by atoms with Gasteiger partial charge in [0.25, 0.3) is 5.91 Å². The van der Waals surface area contributed by atoms with Crippen molar-refractivity contribution in [2.24, 2.45) is 0 Å². The number of piperidine rings is 1. The first-order chi connectivity index (χ1) is 14.8. The number of para-hydroxylation sites is 1. The van der Waals surface area contributed by atoms with Gasteiger partial charge in [0.2, 0.25) is 0 Å². The van der Waals surface area contributed by atoms with Crippen molar-refractivity contribution in [3.63, 3.8) is 0 Å². The van der Waals surface area contributed by atoms with Crippen LogP contribution >= 0.6 is 0 Å². The maximum atomic E-state index is 13.6. The molecule has 5 heterocycles. The van der Waals surface area contributed by atoms with Crippen LogP contribution in [-0.4, -0.2) is 55.9 Å². The highest BCUT2D eigenvalue weighted by molar-refractivity contribution is 6.06. The average molecular weight is 398 g/mol. The molecule has 7 heteroatoms. The van der Waals surface area contributed by atoms with Gasteiger partial charge in [0, 0.05) is 30.9 Å².